The molecular formula is C23H25FN4O2. The van der Waals surface area contributed by atoms with Gasteiger partial charge in [0, 0.05) is 37.3 Å². The highest BCUT2D eigenvalue weighted by Gasteiger charge is 2.22. The van der Waals surface area contributed by atoms with Crippen LogP contribution in [-0.4, -0.2) is 52.0 Å². The highest BCUT2D eigenvalue weighted by molar-refractivity contribution is 5.95. The largest absolute Gasteiger partial charge is 0.338 e. The maximum absolute atomic E-state index is 13.4. The van der Waals surface area contributed by atoms with Crippen molar-refractivity contribution in [3.05, 3.63) is 70.9 Å². The van der Waals surface area contributed by atoms with Crippen LogP contribution >= 0.6 is 0 Å². The number of halogens is 1. The predicted molar refractivity (Wildman–Crippen MR) is 111 cm³/mol. The number of carbonyl (C=O) groups excluding carboxylic acids is 1. The van der Waals surface area contributed by atoms with Gasteiger partial charge in [0.2, 0.25) is 11.7 Å². The highest BCUT2D eigenvalue weighted by Crippen LogP contribution is 2.19. The first kappa shape index (κ1) is 20.2. The number of aryl methyl sites for hydroxylation is 2. The second kappa shape index (κ2) is 8.75. The van der Waals surface area contributed by atoms with Crippen LogP contribution in [0.2, 0.25) is 0 Å². The summed E-state index contributed by atoms with van der Waals surface area (Å²) in [5.74, 6) is 0.620. The van der Waals surface area contributed by atoms with Gasteiger partial charge >= 0.3 is 0 Å². The molecule has 2 heterocycles. The van der Waals surface area contributed by atoms with Gasteiger partial charge in [-0.25, -0.2) is 4.39 Å². The molecule has 4 rings (SSSR count). The smallest absolute Gasteiger partial charge is 0.254 e. The molecule has 1 saturated heterocycles. The molecule has 2 aromatic carbocycles. The monoisotopic (exact) mass is 408 g/mol. The zero-order valence-electron chi connectivity index (χ0n) is 17.3. The summed E-state index contributed by atoms with van der Waals surface area (Å²) in [6, 6.07) is 12.1. The summed E-state index contributed by atoms with van der Waals surface area (Å²) < 4.78 is 18.8. The number of hydrogen-bond acceptors (Lipinski definition) is 5. The molecule has 0 bridgehead atoms. The molecule has 1 aliphatic heterocycles. The molecule has 0 atom stereocenters. The fourth-order valence-electron chi connectivity index (χ4n) is 3.81. The molecule has 156 valence electrons. The van der Waals surface area contributed by atoms with Crippen molar-refractivity contribution in [2.24, 2.45) is 0 Å². The Bertz CT molecular complexity index is 1050. The van der Waals surface area contributed by atoms with Gasteiger partial charge in [-0.2, -0.15) is 4.98 Å². The number of benzene rings is 2. The Morgan fingerprint density at radius 3 is 2.77 bits per heavy atom. The Morgan fingerprint density at radius 2 is 1.97 bits per heavy atom. The van der Waals surface area contributed by atoms with Crippen LogP contribution in [0.3, 0.4) is 0 Å². The van der Waals surface area contributed by atoms with Crippen LogP contribution in [0.5, 0.6) is 0 Å². The van der Waals surface area contributed by atoms with E-state index in [1.54, 1.807) is 12.1 Å². The van der Waals surface area contributed by atoms with Gasteiger partial charge in [0.05, 0.1) is 6.54 Å². The van der Waals surface area contributed by atoms with Crippen LogP contribution in [0.15, 0.2) is 47.0 Å². The minimum atomic E-state index is -0.333. The van der Waals surface area contributed by atoms with E-state index in [4.69, 9.17) is 4.52 Å². The van der Waals surface area contributed by atoms with E-state index in [2.05, 4.69) is 15.0 Å². The molecule has 1 amide bonds. The number of nitrogens with zero attached hydrogens (tertiary/aromatic N) is 4. The van der Waals surface area contributed by atoms with Gasteiger partial charge in [-0.3, -0.25) is 9.69 Å². The molecule has 0 aliphatic carbocycles. The van der Waals surface area contributed by atoms with E-state index in [1.807, 2.05) is 36.9 Å². The third-order valence-corrected chi connectivity index (χ3v) is 5.40. The van der Waals surface area contributed by atoms with Gasteiger partial charge < -0.3 is 9.42 Å². The number of carbonyl (C=O) groups is 1. The minimum Gasteiger partial charge on any atom is -0.338 e. The van der Waals surface area contributed by atoms with Gasteiger partial charge in [0.25, 0.3) is 5.91 Å². The summed E-state index contributed by atoms with van der Waals surface area (Å²) in [5.41, 5.74) is 3.52. The van der Waals surface area contributed by atoms with Gasteiger partial charge in [-0.05, 0) is 44.0 Å². The fourth-order valence-corrected chi connectivity index (χ4v) is 3.81. The van der Waals surface area contributed by atoms with Gasteiger partial charge in [-0.15, -0.1) is 0 Å². The Kier molecular flexibility index (Phi) is 5.90. The summed E-state index contributed by atoms with van der Waals surface area (Å²) in [4.78, 5) is 21.5. The summed E-state index contributed by atoms with van der Waals surface area (Å²) in [7, 11) is 0. The normalized spacial score (nSPS) is 15.2. The SMILES string of the molecule is Cc1ccc(C(=O)N2CCCN(Cc3nc(-c4cccc(F)c4)no3)CC2)c(C)c1. The Balaban J connectivity index is 1.38. The van der Waals surface area contributed by atoms with Crippen LogP contribution in [0.25, 0.3) is 11.4 Å². The lowest BCUT2D eigenvalue weighted by Gasteiger charge is -2.22. The van der Waals surface area contributed by atoms with Crippen LogP contribution in [0, 0.1) is 19.7 Å². The Hall–Kier alpha value is -3.06. The summed E-state index contributed by atoms with van der Waals surface area (Å²) in [6.45, 7) is 7.47. The van der Waals surface area contributed by atoms with Crippen molar-refractivity contribution in [2.75, 3.05) is 26.2 Å². The van der Waals surface area contributed by atoms with E-state index in [0.29, 0.717) is 30.4 Å². The summed E-state index contributed by atoms with van der Waals surface area (Å²) >= 11 is 0. The zero-order chi connectivity index (χ0) is 21.1. The van der Waals surface area contributed by atoms with E-state index < -0.39 is 0 Å². The third-order valence-electron chi connectivity index (χ3n) is 5.40. The van der Waals surface area contributed by atoms with Crippen LogP contribution < -0.4 is 0 Å². The average molecular weight is 408 g/mol. The maximum Gasteiger partial charge on any atom is 0.254 e. The van der Waals surface area contributed by atoms with E-state index in [9.17, 15) is 9.18 Å². The van der Waals surface area contributed by atoms with Crippen LogP contribution in [0.1, 0.15) is 33.8 Å². The van der Waals surface area contributed by atoms with E-state index in [0.717, 1.165) is 42.7 Å². The van der Waals surface area contributed by atoms with Gasteiger partial charge in [0.1, 0.15) is 5.82 Å². The molecule has 0 spiro atoms. The lowest BCUT2D eigenvalue weighted by Crippen LogP contribution is -2.35. The maximum atomic E-state index is 13.4. The zero-order valence-corrected chi connectivity index (χ0v) is 17.3. The van der Waals surface area contributed by atoms with Crippen LogP contribution in [0.4, 0.5) is 4.39 Å². The van der Waals surface area contributed by atoms with Crippen molar-refractivity contribution in [2.45, 2.75) is 26.8 Å². The second-order valence-corrected chi connectivity index (χ2v) is 7.76. The molecule has 1 aromatic heterocycles. The molecule has 6 nitrogen and oxygen atoms in total. The lowest BCUT2D eigenvalue weighted by atomic mass is 10.0. The quantitative estimate of drug-likeness (QED) is 0.656. The lowest BCUT2D eigenvalue weighted by molar-refractivity contribution is 0.0760. The van der Waals surface area contributed by atoms with Gasteiger partial charge in [0.15, 0.2) is 0 Å². The Morgan fingerprint density at radius 1 is 1.10 bits per heavy atom. The third kappa shape index (κ3) is 4.57. The van der Waals surface area contributed by atoms with Crippen molar-refractivity contribution in [3.63, 3.8) is 0 Å². The van der Waals surface area contributed by atoms with Crippen molar-refractivity contribution in [1.82, 2.24) is 19.9 Å². The first-order valence-corrected chi connectivity index (χ1v) is 10.2. The summed E-state index contributed by atoms with van der Waals surface area (Å²) in [5, 5.41) is 3.97. The van der Waals surface area contributed by atoms with Crippen molar-refractivity contribution < 1.29 is 13.7 Å². The van der Waals surface area contributed by atoms with E-state index in [1.165, 1.54) is 12.1 Å². The predicted octanol–water partition coefficient (Wildman–Crippen LogP) is 3.84. The first-order valence-electron chi connectivity index (χ1n) is 10.2. The standard InChI is InChI=1S/C23H25FN4O2/c1-16-7-8-20(17(2)13-16)23(29)28-10-4-9-27(11-12-28)15-21-25-22(26-30-21)18-5-3-6-19(24)14-18/h3,5-8,13-14H,4,9-12,15H2,1-2H3. The minimum absolute atomic E-state index is 0.0838. The number of aromatic nitrogens is 2. The molecule has 30 heavy (non-hydrogen) atoms. The fraction of sp³-hybridized carbons (Fsp3) is 0.348. The highest BCUT2D eigenvalue weighted by atomic mass is 19.1. The molecule has 3 aromatic rings. The van der Waals surface area contributed by atoms with E-state index in [-0.39, 0.29) is 11.7 Å². The Labute approximate surface area is 175 Å². The molecule has 0 N–H and O–H groups in total. The summed E-state index contributed by atoms with van der Waals surface area (Å²) in [6.07, 6.45) is 0.877. The number of hydrogen-bond donors (Lipinski definition) is 0. The average Bonchev–Trinajstić information content (AvgIpc) is 3.05. The molecule has 0 saturated carbocycles. The molecule has 1 fully saturated rings. The first-order chi connectivity index (χ1) is 14.5. The molecule has 7 heteroatoms. The molecule has 0 radical (unpaired) electrons. The molecule has 0 unspecified atom stereocenters. The topological polar surface area (TPSA) is 62.5 Å². The van der Waals surface area contributed by atoms with Crippen molar-refractivity contribution >= 4 is 5.91 Å². The van der Waals surface area contributed by atoms with Crippen molar-refractivity contribution in [3.8, 4) is 11.4 Å². The van der Waals surface area contributed by atoms with Crippen LogP contribution in [-0.2, 0) is 6.54 Å². The van der Waals surface area contributed by atoms with Gasteiger partial charge in [-0.1, -0.05) is 35.0 Å². The molecular weight excluding hydrogens is 383 g/mol. The van der Waals surface area contributed by atoms with Crippen molar-refractivity contribution in [1.29, 1.82) is 0 Å². The molecule has 1 aliphatic rings. The second-order valence-electron chi connectivity index (χ2n) is 7.76. The number of rotatable bonds is 4. The number of amides is 1. The van der Waals surface area contributed by atoms with E-state index >= 15 is 0 Å².